The Hall–Kier alpha value is -2.14. The maximum atomic E-state index is 13.1. The number of carboxylic acids is 1. The molecule has 2 aromatic rings. The number of halogens is 1. The summed E-state index contributed by atoms with van der Waals surface area (Å²) in [5.74, 6) is -0.853. The minimum absolute atomic E-state index is 0.0415. The average Bonchev–Trinajstić information content (AvgIpc) is 2.77. The van der Waals surface area contributed by atoms with Crippen molar-refractivity contribution in [2.24, 2.45) is 0 Å². The van der Waals surface area contributed by atoms with Gasteiger partial charge in [0, 0.05) is 11.6 Å². The molecule has 20 heavy (non-hydrogen) atoms. The molecule has 106 valence electrons. The van der Waals surface area contributed by atoms with Gasteiger partial charge in [0.25, 0.3) is 0 Å². The van der Waals surface area contributed by atoms with Gasteiger partial charge in [-0.15, -0.1) is 0 Å². The number of aryl methyl sites for hydroxylation is 1. The molecule has 0 aliphatic rings. The van der Waals surface area contributed by atoms with Crippen LogP contribution in [0.4, 0.5) is 4.39 Å². The van der Waals surface area contributed by atoms with E-state index in [4.69, 9.17) is 9.52 Å². The number of carbonyl (C=O) groups is 1. The Morgan fingerprint density at radius 2 is 2.20 bits per heavy atom. The van der Waals surface area contributed by atoms with Gasteiger partial charge in [-0.25, -0.2) is 9.18 Å². The van der Waals surface area contributed by atoms with Gasteiger partial charge in [-0.1, -0.05) is 12.1 Å². The topological polar surface area (TPSA) is 62.5 Å². The minimum Gasteiger partial charge on any atom is -0.475 e. The van der Waals surface area contributed by atoms with Crippen molar-refractivity contribution in [3.05, 3.63) is 58.8 Å². The molecule has 0 aliphatic carbocycles. The molecule has 1 aromatic carbocycles. The molecule has 2 rings (SSSR count). The molecule has 2 N–H and O–H groups in total. The van der Waals surface area contributed by atoms with E-state index in [1.165, 1.54) is 12.1 Å². The van der Waals surface area contributed by atoms with E-state index in [-0.39, 0.29) is 17.6 Å². The molecule has 4 nitrogen and oxygen atoms in total. The van der Waals surface area contributed by atoms with Crippen molar-refractivity contribution in [2.45, 2.75) is 26.4 Å². The first-order valence-corrected chi connectivity index (χ1v) is 6.29. The number of carboxylic acid groups (broad SMARTS) is 1. The van der Waals surface area contributed by atoms with Crippen LogP contribution in [-0.2, 0) is 6.54 Å². The quantitative estimate of drug-likeness (QED) is 0.880. The highest BCUT2D eigenvalue weighted by atomic mass is 19.1. The fraction of sp³-hybridized carbons (Fsp3) is 0.267. The molecule has 1 aromatic heterocycles. The molecule has 0 saturated heterocycles. The maximum Gasteiger partial charge on any atom is 0.372 e. The van der Waals surface area contributed by atoms with Gasteiger partial charge in [0.05, 0.1) is 6.54 Å². The fourth-order valence-corrected chi connectivity index (χ4v) is 1.99. The zero-order valence-corrected chi connectivity index (χ0v) is 11.3. The van der Waals surface area contributed by atoms with E-state index in [9.17, 15) is 9.18 Å². The maximum absolute atomic E-state index is 13.1. The lowest BCUT2D eigenvalue weighted by Crippen LogP contribution is -2.17. The van der Waals surface area contributed by atoms with Crippen LogP contribution in [0.2, 0.25) is 0 Å². The Morgan fingerprint density at radius 1 is 1.45 bits per heavy atom. The lowest BCUT2D eigenvalue weighted by Gasteiger charge is -2.13. The summed E-state index contributed by atoms with van der Waals surface area (Å²) >= 11 is 0. The molecule has 0 fully saturated rings. The molecule has 5 heteroatoms. The van der Waals surface area contributed by atoms with Gasteiger partial charge in [0.15, 0.2) is 0 Å². The molecular weight excluding hydrogens is 261 g/mol. The SMILES string of the molecule is Cc1cc(CN[C@H](C)c2cccc(F)c2)oc1C(=O)O. The summed E-state index contributed by atoms with van der Waals surface area (Å²) in [4.78, 5) is 10.9. The molecule has 1 atom stereocenters. The van der Waals surface area contributed by atoms with E-state index in [2.05, 4.69) is 5.32 Å². The number of benzene rings is 1. The van der Waals surface area contributed by atoms with Gasteiger partial charge < -0.3 is 14.8 Å². The van der Waals surface area contributed by atoms with Gasteiger partial charge in [0.1, 0.15) is 11.6 Å². The van der Waals surface area contributed by atoms with Crippen LogP contribution in [0.3, 0.4) is 0 Å². The predicted molar refractivity (Wildman–Crippen MR) is 72.1 cm³/mol. The highest BCUT2D eigenvalue weighted by Gasteiger charge is 2.14. The summed E-state index contributed by atoms with van der Waals surface area (Å²) in [6.45, 7) is 3.97. The minimum atomic E-state index is -1.08. The van der Waals surface area contributed by atoms with E-state index < -0.39 is 5.97 Å². The standard InChI is InChI=1S/C15H16FNO3/c1-9-6-13(20-14(9)15(18)19)8-17-10(2)11-4-3-5-12(16)7-11/h3-7,10,17H,8H2,1-2H3,(H,18,19)/t10-/m1/s1. The Kier molecular flexibility index (Phi) is 4.20. The third-order valence-corrected chi connectivity index (χ3v) is 3.09. The smallest absolute Gasteiger partial charge is 0.372 e. The van der Waals surface area contributed by atoms with E-state index in [0.29, 0.717) is 17.9 Å². The van der Waals surface area contributed by atoms with E-state index in [0.717, 1.165) is 5.56 Å². The third-order valence-electron chi connectivity index (χ3n) is 3.09. The van der Waals surface area contributed by atoms with Crippen molar-refractivity contribution in [1.29, 1.82) is 0 Å². The molecular formula is C15H16FNO3. The Bertz CT molecular complexity index is 621. The second-order valence-corrected chi connectivity index (χ2v) is 4.69. The van der Waals surface area contributed by atoms with E-state index >= 15 is 0 Å². The summed E-state index contributed by atoms with van der Waals surface area (Å²) < 4.78 is 18.4. The molecule has 0 amide bonds. The average molecular weight is 277 g/mol. The largest absolute Gasteiger partial charge is 0.475 e. The predicted octanol–water partition coefficient (Wildman–Crippen LogP) is 3.28. The molecule has 0 aliphatic heterocycles. The third kappa shape index (κ3) is 3.24. The molecule has 0 unspecified atom stereocenters. The zero-order chi connectivity index (χ0) is 14.7. The van der Waals surface area contributed by atoms with Gasteiger partial charge in [-0.3, -0.25) is 0 Å². The highest BCUT2D eigenvalue weighted by molar-refractivity contribution is 5.86. The van der Waals surface area contributed by atoms with Gasteiger partial charge >= 0.3 is 5.97 Å². The first-order chi connectivity index (χ1) is 9.47. The normalized spacial score (nSPS) is 12.3. The number of rotatable bonds is 5. The molecule has 0 radical (unpaired) electrons. The van der Waals surface area contributed by atoms with Gasteiger partial charge in [-0.05, 0) is 37.6 Å². The van der Waals surface area contributed by atoms with Crippen molar-refractivity contribution in [2.75, 3.05) is 0 Å². The lowest BCUT2D eigenvalue weighted by molar-refractivity contribution is 0.0659. The number of hydrogen-bond donors (Lipinski definition) is 2. The Morgan fingerprint density at radius 3 is 2.80 bits per heavy atom. The Labute approximate surface area is 116 Å². The second-order valence-electron chi connectivity index (χ2n) is 4.69. The molecule has 0 saturated carbocycles. The van der Waals surface area contributed by atoms with Crippen LogP contribution < -0.4 is 5.32 Å². The van der Waals surface area contributed by atoms with Crippen molar-refractivity contribution in [3.8, 4) is 0 Å². The highest BCUT2D eigenvalue weighted by Crippen LogP contribution is 2.17. The van der Waals surface area contributed by atoms with Crippen LogP contribution in [0, 0.1) is 12.7 Å². The van der Waals surface area contributed by atoms with Crippen LogP contribution >= 0.6 is 0 Å². The van der Waals surface area contributed by atoms with Crippen molar-refractivity contribution >= 4 is 5.97 Å². The summed E-state index contributed by atoms with van der Waals surface area (Å²) in [6.07, 6.45) is 0. The van der Waals surface area contributed by atoms with Crippen molar-refractivity contribution < 1.29 is 18.7 Å². The molecule has 0 bridgehead atoms. The van der Waals surface area contributed by atoms with Gasteiger partial charge in [-0.2, -0.15) is 0 Å². The van der Waals surface area contributed by atoms with Crippen molar-refractivity contribution in [3.63, 3.8) is 0 Å². The number of hydrogen-bond acceptors (Lipinski definition) is 3. The molecule has 0 spiro atoms. The van der Waals surface area contributed by atoms with Crippen LogP contribution in [0.15, 0.2) is 34.7 Å². The van der Waals surface area contributed by atoms with Crippen molar-refractivity contribution in [1.82, 2.24) is 5.32 Å². The summed E-state index contributed by atoms with van der Waals surface area (Å²) in [6, 6.07) is 7.97. The van der Waals surface area contributed by atoms with Gasteiger partial charge in [0.2, 0.25) is 5.76 Å². The van der Waals surface area contributed by atoms with Crippen LogP contribution in [0.1, 0.15) is 40.4 Å². The fourth-order valence-electron chi connectivity index (χ4n) is 1.99. The number of aromatic carboxylic acids is 1. The van der Waals surface area contributed by atoms with Crippen LogP contribution in [-0.4, -0.2) is 11.1 Å². The van der Waals surface area contributed by atoms with Crippen LogP contribution in [0.5, 0.6) is 0 Å². The first kappa shape index (κ1) is 14.3. The summed E-state index contributed by atoms with van der Waals surface area (Å²) in [5, 5.41) is 12.1. The zero-order valence-electron chi connectivity index (χ0n) is 11.3. The summed E-state index contributed by atoms with van der Waals surface area (Å²) in [5.41, 5.74) is 1.42. The monoisotopic (exact) mass is 277 g/mol. The first-order valence-electron chi connectivity index (χ1n) is 6.29. The van der Waals surface area contributed by atoms with Crippen LogP contribution in [0.25, 0.3) is 0 Å². The summed E-state index contributed by atoms with van der Waals surface area (Å²) in [7, 11) is 0. The second kappa shape index (κ2) is 5.88. The lowest BCUT2D eigenvalue weighted by atomic mass is 10.1. The number of nitrogens with one attached hydrogen (secondary N) is 1. The number of furan rings is 1. The Balaban J connectivity index is 2.01. The van der Waals surface area contributed by atoms with E-state index in [1.54, 1.807) is 19.1 Å². The van der Waals surface area contributed by atoms with E-state index in [1.807, 2.05) is 13.0 Å². The molecule has 1 heterocycles.